The normalized spacial score (nSPS) is 10.7. The topological polar surface area (TPSA) is 63.1 Å². The maximum absolute atomic E-state index is 13.1. The molecule has 4 aromatic rings. The number of nitrogens with one attached hydrogen (secondary N) is 1. The Kier molecular flexibility index (Phi) is 5.80. The lowest BCUT2D eigenvalue weighted by atomic mass is 10.1. The van der Waals surface area contributed by atoms with Gasteiger partial charge in [0, 0.05) is 38.6 Å². The van der Waals surface area contributed by atoms with Crippen molar-refractivity contribution in [3.8, 4) is 16.9 Å². The van der Waals surface area contributed by atoms with Gasteiger partial charge in [-0.1, -0.05) is 48.0 Å². The van der Waals surface area contributed by atoms with Crippen LogP contribution in [0.1, 0.15) is 21.5 Å². The largest absolute Gasteiger partial charge is 0.363 e. The van der Waals surface area contributed by atoms with E-state index in [1.54, 1.807) is 17.1 Å². The molecule has 31 heavy (non-hydrogen) atoms. The van der Waals surface area contributed by atoms with Gasteiger partial charge in [-0.2, -0.15) is 5.10 Å². The fourth-order valence-corrected chi connectivity index (χ4v) is 3.27. The van der Waals surface area contributed by atoms with Gasteiger partial charge in [-0.3, -0.25) is 4.79 Å². The van der Waals surface area contributed by atoms with Crippen molar-refractivity contribution in [2.24, 2.45) is 0 Å². The Labute approximate surface area is 182 Å². The standard InChI is InChI=1S/C25H25N5O/c1-18-9-11-21(12-10-18)30-17-22(24(28-30)20-7-5-4-6-8-20)25(31)27-16-19-13-14-26-23(15-19)29(2)3/h4-15,17H,16H2,1-3H3,(H,27,31). The van der Waals surface area contributed by atoms with Crippen molar-refractivity contribution in [1.82, 2.24) is 20.1 Å². The van der Waals surface area contributed by atoms with Crippen LogP contribution in [-0.2, 0) is 6.54 Å². The highest BCUT2D eigenvalue weighted by Gasteiger charge is 2.18. The molecule has 0 unspecified atom stereocenters. The van der Waals surface area contributed by atoms with Crippen molar-refractivity contribution in [2.75, 3.05) is 19.0 Å². The minimum absolute atomic E-state index is 0.166. The van der Waals surface area contributed by atoms with Crippen LogP contribution in [0.2, 0.25) is 0 Å². The molecule has 4 rings (SSSR count). The summed E-state index contributed by atoms with van der Waals surface area (Å²) >= 11 is 0. The first-order chi connectivity index (χ1) is 15.0. The van der Waals surface area contributed by atoms with Gasteiger partial charge in [0.2, 0.25) is 0 Å². The second-order valence-electron chi connectivity index (χ2n) is 7.64. The molecular formula is C25H25N5O. The summed E-state index contributed by atoms with van der Waals surface area (Å²) in [5.41, 5.74) is 5.16. The van der Waals surface area contributed by atoms with Crippen LogP contribution < -0.4 is 10.2 Å². The lowest BCUT2D eigenvalue weighted by Crippen LogP contribution is -2.23. The first-order valence-corrected chi connectivity index (χ1v) is 10.1. The number of amides is 1. The predicted molar refractivity (Wildman–Crippen MR) is 123 cm³/mol. The van der Waals surface area contributed by atoms with E-state index in [1.165, 1.54) is 5.56 Å². The second-order valence-corrected chi connectivity index (χ2v) is 7.64. The van der Waals surface area contributed by atoms with Crippen LogP contribution in [0.5, 0.6) is 0 Å². The third-order valence-electron chi connectivity index (χ3n) is 5.03. The van der Waals surface area contributed by atoms with Crippen LogP contribution in [-0.4, -0.2) is 34.8 Å². The van der Waals surface area contributed by atoms with Crippen LogP contribution in [0, 0.1) is 6.92 Å². The fraction of sp³-hybridized carbons (Fsp3) is 0.160. The molecular weight excluding hydrogens is 386 g/mol. The average Bonchev–Trinajstić information content (AvgIpc) is 3.24. The SMILES string of the molecule is Cc1ccc(-n2cc(C(=O)NCc3ccnc(N(C)C)c3)c(-c3ccccc3)n2)cc1. The Morgan fingerprint density at radius 1 is 1.03 bits per heavy atom. The van der Waals surface area contributed by atoms with Gasteiger partial charge in [-0.15, -0.1) is 0 Å². The monoisotopic (exact) mass is 411 g/mol. The number of nitrogens with zero attached hydrogens (tertiary/aromatic N) is 4. The Hall–Kier alpha value is -3.93. The van der Waals surface area contributed by atoms with E-state index in [1.807, 2.05) is 92.6 Å². The maximum Gasteiger partial charge on any atom is 0.255 e. The van der Waals surface area contributed by atoms with Crippen molar-refractivity contribution in [3.63, 3.8) is 0 Å². The third kappa shape index (κ3) is 4.64. The molecule has 0 aliphatic heterocycles. The average molecular weight is 412 g/mol. The first kappa shape index (κ1) is 20.3. The first-order valence-electron chi connectivity index (χ1n) is 10.1. The van der Waals surface area contributed by atoms with E-state index >= 15 is 0 Å². The van der Waals surface area contributed by atoms with Crippen LogP contribution in [0.4, 0.5) is 5.82 Å². The van der Waals surface area contributed by atoms with Crippen LogP contribution in [0.3, 0.4) is 0 Å². The zero-order chi connectivity index (χ0) is 21.8. The van der Waals surface area contributed by atoms with E-state index in [4.69, 9.17) is 5.10 Å². The predicted octanol–water partition coefficient (Wildman–Crippen LogP) is 4.24. The van der Waals surface area contributed by atoms with E-state index in [2.05, 4.69) is 10.3 Å². The summed E-state index contributed by atoms with van der Waals surface area (Å²) in [6.45, 7) is 2.45. The highest BCUT2D eigenvalue weighted by atomic mass is 16.1. The van der Waals surface area contributed by atoms with Crippen molar-refractivity contribution in [3.05, 3.63) is 95.8 Å². The van der Waals surface area contributed by atoms with Crippen molar-refractivity contribution < 1.29 is 4.79 Å². The quantitative estimate of drug-likeness (QED) is 0.516. The minimum Gasteiger partial charge on any atom is -0.363 e. The number of hydrogen-bond acceptors (Lipinski definition) is 4. The molecule has 2 heterocycles. The molecule has 1 N–H and O–H groups in total. The van der Waals surface area contributed by atoms with E-state index in [9.17, 15) is 4.79 Å². The molecule has 0 aliphatic rings. The van der Waals surface area contributed by atoms with Gasteiger partial charge < -0.3 is 10.2 Å². The summed E-state index contributed by atoms with van der Waals surface area (Å²) in [5.74, 6) is 0.685. The number of carbonyl (C=O) groups excluding carboxylic acids is 1. The third-order valence-corrected chi connectivity index (χ3v) is 5.03. The van der Waals surface area contributed by atoms with Crippen molar-refractivity contribution in [1.29, 1.82) is 0 Å². The Morgan fingerprint density at radius 3 is 2.48 bits per heavy atom. The number of aromatic nitrogens is 3. The van der Waals surface area contributed by atoms with Gasteiger partial charge in [0.15, 0.2) is 0 Å². The minimum atomic E-state index is -0.166. The fourth-order valence-electron chi connectivity index (χ4n) is 3.27. The van der Waals surface area contributed by atoms with Gasteiger partial charge >= 0.3 is 0 Å². The summed E-state index contributed by atoms with van der Waals surface area (Å²) < 4.78 is 1.76. The zero-order valence-electron chi connectivity index (χ0n) is 17.9. The number of hydrogen-bond donors (Lipinski definition) is 1. The van der Waals surface area contributed by atoms with E-state index in [0.29, 0.717) is 17.8 Å². The summed E-state index contributed by atoms with van der Waals surface area (Å²) in [7, 11) is 3.88. The summed E-state index contributed by atoms with van der Waals surface area (Å²) in [4.78, 5) is 19.4. The highest BCUT2D eigenvalue weighted by Crippen LogP contribution is 2.24. The van der Waals surface area contributed by atoms with Crippen LogP contribution >= 0.6 is 0 Å². The molecule has 0 saturated carbocycles. The maximum atomic E-state index is 13.1. The van der Waals surface area contributed by atoms with Crippen LogP contribution in [0.15, 0.2) is 79.1 Å². The molecule has 2 aromatic heterocycles. The highest BCUT2D eigenvalue weighted by molar-refractivity contribution is 5.99. The lowest BCUT2D eigenvalue weighted by Gasteiger charge is -2.12. The Bertz CT molecular complexity index is 1180. The number of carbonyl (C=O) groups is 1. The van der Waals surface area contributed by atoms with Gasteiger partial charge in [0.1, 0.15) is 11.5 Å². The molecule has 6 heteroatoms. The van der Waals surface area contributed by atoms with Crippen molar-refractivity contribution >= 4 is 11.7 Å². The molecule has 0 bridgehead atoms. The number of aryl methyl sites for hydroxylation is 1. The van der Waals surface area contributed by atoms with E-state index in [0.717, 1.165) is 22.6 Å². The number of benzene rings is 2. The molecule has 0 aliphatic carbocycles. The Morgan fingerprint density at radius 2 is 1.77 bits per heavy atom. The molecule has 0 saturated heterocycles. The number of rotatable bonds is 6. The van der Waals surface area contributed by atoms with E-state index < -0.39 is 0 Å². The van der Waals surface area contributed by atoms with E-state index in [-0.39, 0.29) is 5.91 Å². The molecule has 0 spiro atoms. The molecule has 0 radical (unpaired) electrons. The lowest BCUT2D eigenvalue weighted by molar-refractivity contribution is 0.0951. The van der Waals surface area contributed by atoms with Gasteiger partial charge in [-0.25, -0.2) is 9.67 Å². The molecule has 0 fully saturated rings. The zero-order valence-corrected chi connectivity index (χ0v) is 17.9. The molecule has 6 nitrogen and oxygen atoms in total. The number of anilines is 1. The molecule has 1 amide bonds. The Balaban J connectivity index is 1.63. The van der Waals surface area contributed by atoms with Crippen LogP contribution in [0.25, 0.3) is 16.9 Å². The van der Waals surface area contributed by atoms with Crippen molar-refractivity contribution in [2.45, 2.75) is 13.5 Å². The van der Waals surface area contributed by atoms with Gasteiger partial charge in [0.05, 0.1) is 11.3 Å². The molecule has 2 aromatic carbocycles. The number of pyridine rings is 1. The second kappa shape index (κ2) is 8.83. The summed E-state index contributed by atoms with van der Waals surface area (Å²) in [6.07, 6.45) is 3.54. The molecule has 156 valence electrons. The van der Waals surface area contributed by atoms with Gasteiger partial charge in [0.25, 0.3) is 5.91 Å². The van der Waals surface area contributed by atoms with Gasteiger partial charge in [-0.05, 0) is 36.8 Å². The smallest absolute Gasteiger partial charge is 0.255 e. The molecule has 0 atom stereocenters. The summed E-state index contributed by atoms with van der Waals surface area (Å²) in [5, 5.41) is 7.76. The summed E-state index contributed by atoms with van der Waals surface area (Å²) in [6, 6.07) is 21.7.